The third-order valence-corrected chi connectivity index (χ3v) is 2.17. The zero-order chi connectivity index (χ0) is 10.3. The molecule has 13 heavy (non-hydrogen) atoms. The molecule has 3 nitrogen and oxygen atoms in total. The van der Waals surface area contributed by atoms with Gasteiger partial charge in [0.2, 0.25) is 0 Å². The molecule has 0 aliphatic heterocycles. The summed E-state index contributed by atoms with van der Waals surface area (Å²) in [6, 6.07) is 0.237. The summed E-state index contributed by atoms with van der Waals surface area (Å²) >= 11 is 0. The number of hydrogen-bond donors (Lipinski definition) is 1. The molecule has 0 rings (SSSR count). The van der Waals surface area contributed by atoms with Crippen LogP contribution in [0.5, 0.6) is 0 Å². The molecule has 78 valence electrons. The fourth-order valence-electron chi connectivity index (χ4n) is 1.35. The second-order valence-electron chi connectivity index (χ2n) is 3.31. The lowest BCUT2D eigenvalue weighted by Crippen LogP contribution is -2.41. The molecule has 0 aromatic carbocycles. The Kier molecular flexibility index (Phi) is 6.59. The molecule has 0 heterocycles. The maximum absolute atomic E-state index is 11.1. The predicted octanol–water partition coefficient (Wildman–Crippen LogP) is 1.72. The molecular weight excluding hydrogens is 166 g/mol. The maximum atomic E-state index is 11.1. The number of esters is 1. The lowest BCUT2D eigenvalue weighted by molar-refractivity contribution is -0.142. The van der Waals surface area contributed by atoms with Crippen molar-refractivity contribution in [1.29, 1.82) is 0 Å². The van der Waals surface area contributed by atoms with Gasteiger partial charge in [0.1, 0.15) is 6.04 Å². The van der Waals surface area contributed by atoms with Gasteiger partial charge in [-0.1, -0.05) is 20.3 Å². The first kappa shape index (κ1) is 12.4. The van der Waals surface area contributed by atoms with Crippen LogP contribution < -0.4 is 5.32 Å². The third-order valence-electron chi connectivity index (χ3n) is 2.17. The first-order chi connectivity index (χ1) is 6.15. The van der Waals surface area contributed by atoms with Gasteiger partial charge in [0.05, 0.1) is 7.11 Å². The minimum absolute atomic E-state index is 0.186. The van der Waals surface area contributed by atoms with Crippen LogP contribution in [0.15, 0.2) is 0 Å². The summed E-state index contributed by atoms with van der Waals surface area (Å²) in [5.41, 5.74) is 0. The summed E-state index contributed by atoms with van der Waals surface area (Å²) in [6.45, 7) is 6.11. The fraction of sp³-hybridized carbons (Fsp3) is 0.900. The van der Waals surface area contributed by atoms with Crippen molar-refractivity contribution in [3.05, 3.63) is 0 Å². The average molecular weight is 187 g/mol. The van der Waals surface area contributed by atoms with Crippen molar-refractivity contribution >= 4 is 5.97 Å². The van der Waals surface area contributed by atoms with E-state index in [1.807, 2.05) is 6.92 Å². The van der Waals surface area contributed by atoms with E-state index < -0.39 is 0 Å². The number of ether oxygens (including phenoxy) is 1. The van der Waals surface area contributed by atoms with Gasteiger partial charge in [-0.25, -0.2) is 0 Å². The Labute approximate surface area is 80.8 Å². The van der Waals surface area contributed by atoms with Gasteiger partial charge in [-0.05, 0) is 19.8 Å². The van der Waals surface area contributed by atoms with Crippen molar-refractivity contribution in [1.82, 2.24) is 5.32 Å². The first-order valence-electron chi connectivity index (χ1n) is 4.99. The normalized spacial score (nSPS) is 15.1. The monoisotopic (exact) mass is 187 g/mol. The van der Waals surface area contributed by atoms with Crippen LogP contribution in [0.4, 0.5) is 0 Å². The molecule has 0 fully saturated rings. The molecule has 0 aliphatic rings. The molecular formula is C10H21NO2. The van der Waals surface area contributed by atoms with Crippen molar-refractivity contribution in [3.8, 4) is 0 Å². The van der Waals surface area contributed by atoms with E-state index in [4.69, 9.17) is 0 Å². The average Bonchev–Trinajstić information content (AvgIpc) is 2.15. The van der Waals surface area contributed by atoms with Crippen molar-refractivity contribution < 1.29 is 9.53 Å². The third kappa shape index (κ3) is 4.88. The Morgan fingerprint density at radius 1 is 1.46 bits per heavy atom. The molecule has 0 amide bonds. The number of carbonyl (C=O) groups excluding carboxylic acids is 1. The van der Waals surface area contributed by atoms with Gasteiger partial charge in [-0.2, -0.15) is 0 Å². The molecule has 3 heteroatoms. The van der Waals surface area contributed by atoms with Crippen molar-refractivity contribution in [2.75, 3.05) is 7.11 Å². The van der Waals surface area contributed by atoms with E-state index in [1.54, 1.807) is 0 Å². The van der Waals surface area contributed by atoms with E-state index in [9.17, 15) is 4.79 Å². The summed E-state index contributed by atoms with van der Waals surface area (Å²) in [5.74, 6) is -0.186. The number of hydrogen-bond acceptors (Lipinski definition) is 3. The summed E-state index contributed by atoms with van der Waals surface area (Å²) in [5, 5.41) is 3.24. The second kappa shape index (κ2) is 6.89. The predicted molar refractivity (Wildman–Crippen MR) is 53.6 cm³/mol. The van der Waals surface area contributed by atoms with Gasteiger partial charge in [-0.15, -0.1) is 0 Å². The summed E-state index contributed by atoms with van der Waals surface area (Å²) in [7, 11) is 1.42. The SMILES string of the molecule is CCCC(CC)N[C@@H](C)C(=O)OC. The number of methoxy groups -OCH3 is 1. The maximum Gasteiger partial charge on any atom is 0.322 e. The van der Waals surface area contributed by atoms with Gasteiger partial charge in [0.15, 0.2) is 0 Å². The van der Waals surface area contributed by atoms with E-state index in [0.29, 0.717) is 6.04 Å². The molecule has 0 aromatic rings. The van der Waals surface area contributed by atoms with Gasteiger partial charge in [-0.3, -0.25) is 4.79 Å². The number of nitrogens with one attached hydrogen (secondary N) is 1. The molecule has 2 atom stereocenters. The molecule has 1 N–H and O–H groups in total. The van der Waals surface area contributed by atoms with Crippen LogP contribution >= 0.6 is 0 Å². The molecule has 0 saturated carbocycles. The highest BCUT2D eigenvalue weighted by Gasteiger charge is 2.16. The molecule has 0 aliphatic carbocycles. The Balaban J connectivity index is 3.85. The van der Waals surface area contributed by atoms with Crippen LogP contribution in [-0.4, -0.2) is 25.2 Å². The van der Waals surface area contributed by atoms with Gasteiger partial charge < -0.3 is 10.1 Å². The topological polar surface area (TPSA) is 38.3 Å². The second-order valence-corrected chi connectivity index (χ2v) is 3.31. The Morgan fingerprint density at radius 2 is 2.08 bits per heavy atom. The smallest absolute Gasteiger partial charge is 0.322 e. The lowest BCUT2D eigenvalue weighted by Gasteiger charge is -2.19. The zero-order valence-corrected chi connectivity index (χ0v) is 9.09. The fourth-order valence-corrected chi connectivity index (χ4v) is 1.35. The van der Waals surface area contributed by atoms with Crippen molar-refractivity contribution in [3.63, 3.8) is 0 Å². The molecule has 0 saturated heterocycles. The van der Waals surface area contributed by atoms with E-state index in [1.165, 1.54) is 7.11 Å². The van der Waals surface area contributed by atoms with Crippen LogP contribution in [0.2, 0.25) is 0 Å². The summed E-state index contributed by atoms with van der Waals surface area (Å²) in [4.78, 5) is 11.1. The van der Waals surface area contributed by atoms with Crippen LogP contribution in [-0.2, 0) is 9.53 Å². The Hall–Kier alpha value is -0.570. The minimum atomic E-state index is -0.193. The van der Waals surface area contributed by atoms with E-state index in [-0.39, 0.29) is 12.0 Å². The highest BCUT2D eigenvalue weighted by atomic mass is 16.5. The highest BCUT2D eigenvalue weighted by Crippen LogP contribution is 2.02. The van der Waals surface area contributed by atoms with E-state index in [0.717, 1.165) is 19.3 Å². The highest BCUT2D eigenvalue weighted by molar-refractivity contribution is 5.75. The van der Waals surface area contributed by atoms with Gasteiger partial charge in [0.25, 0.3) is 0 Å². The molecule has 1 unspecified atom stereocenters. The number of rotatable bonds is 6. The summed E-state index contributed by atoms with van der Waals surface area (Å²) < 4.78 is 4.63. The van der Waals surface area contributed by atoms with E-state index in [2.05, 4.69) is 23.9 Å². The van der Waals surface area contributed by atoms with Gasteiger partial charge in [0, 0.05) is 6.04 Å². The number of carbonyl (C=O) groups is 1. The summed E-state index contributed by atoms with van der Waals surface area (Å²) in [6.07, 6.45) is 3.30. The minimum Gasteiger partial charge on any atom is -0.468 e. The Morgan fingerprint density at radius 3 is 2.46 bits per heavy atom. The lowest BCUT2D eigenvalue weighted by atomic mass is 10.1. The zero-order valence-electron chi connectivity index (χ0n) is 9.09. The quantitative estimate of drug-likeness (QED) is 0.643. The Bertz CT molecular complexity index is 148. The van der Waals surface area contributed by atoms with Crippen LogP contribution in [0.3, 0.4) is 0 Å². The molecule has 0 aromatic heterocycles. The standard InChI is InChI=1S/C10H21NO2/c1-5-7-9(6-2)11-8(3)10(12)13-4/h8-9,11H,5-7H2,1-4H3/t8-,9?/m0/s1. The molecule has 0 bridgehead atoms. The first-order valence-corrected chi connectivity index (χ1v) is 4.99. The van der Waals surface area contributed by atoms with Crippen LogP contribution in [0, 0.1) is 0 Å². The molecule has 0 spiro atoms. The molecule has 0 radical (unpaired) electrons. The van der Waals surface area contributed by atoms with Crippen LogP contribution in [0.1, 0.15) is 40.0 Å². The van der Waals surface area contributed by atoms with Gasteiger partial charge >= 0.3 is 5.97 Å². The largest absolute Gasteiger partial charge is 0.468 e. The van der Waals surface area contributed by atoms with E-state index >= 15 is 0 Å². The van der Waals surface area contributed by atoms with Crippen molar-refractivity contribution in [2.45, 2.75) is 52.1 Å². The van der Waals surface area contributed by atoms with Crippen molar-refractivity contribution in [2.24, 2.45) is 0 Å². The van der Waals surface area contributed by atoms with Crippen LogP contribution in [0.25, 0.3) is 0 Å².